The lowest BCUT2D eigenvalue weighted by molar-refractivity contribution is 0.102. The number of fused-ring (bicyclic) bond motifs is 1. The van der Waals surface area contributed by atoms with Gasteiger partial charge in [0.2, 0.25) is 0 Å². The Kier molecular flexibility index (Phi) is 5.87. The fourth-order valence-electron chi connectivity index (χ4n) is 3.23. The number of hydrogen-bond donors (Lipinski definition) is 1. The number of benzene rings is 3. The number of rotatable bonds is 6. The van der Waals surface area contributed by atoms with Crippen LogP contribution in [0.4, 0.5) is 5.69 Å². The predicted molar refractivity (Wildman–Crippen MR) is 123 cm³/mol. The Morgan fingerprint density at radius 3 is 2.16 bits per heavy atom. The first-order valence-corrected chi connectivity index (χ1v) is 10.1. The summed E-state index contributed by atoms with van der Waals surface area (Å²) in [6.07, 6.45) is 0. The Morgan fingerprint density at radius 2 is 1.56 bits per heavy atom. The molecule has 0 atom stereocenters. The van der Waals surface area contributed by atoms with Crippen molar-refractivity contribution in [3.8, 4) is 22.9 Å². The van der Waals surface area contributed by atoms with E-state index in [1.807, 2.05) is 19.1 Å². The third kappa shape index (κ3) is 4.17. The molecule has 0 saturated heterocycles. The van der Waals surface area contributed by atoms with Gasteiger partial charge in [-0.3, -0.25) is 4.79 Å². The average Bonchev–Trinajstić information content (AvgIpc) is 3.21. The summed E-state index contributed by atoms with van der Waals surface area (Å²) in [7, 11) is 4.63. The van der Waals surface area contributed by atoms with E-state index in [9.17, 15) is 4.79 Å². The second-order valence-corrected chi connectivity index (χ2v) is 7.43. The van der Waals surface area contributed by atoms with Crippen LogP contribution in [0, 0.1) is 6.92 Å². The van der Waals surface area contributed by atoms with Crippen LogP contribution >= 0.6 is 11.6 Å². The highest BCUT2D eigenvalue weighted by Crippen LogP contribution is 2.28. The van der Waals surface area contributed by atoms with Crippen LogP contribution in [0.5, 0.6) is 17.2 Å². The first-order valence-electron chi connectivity index (χ1n) is 9.68. The molecule has 1 aromatic heterocycles. The van der Waals surface area contributed by atoms with Gasteiger partial charge in [0, 0.05) is 17.3 Å². The third-order valence-corrected chi connectivity index (χ3v) is 5.25. The van der Waals surface area contributed by atoms with Crippen LogP contribution in [-0.4, -0.2) is 42.2 Å². The summed E-state index contributed by atoms with van der Waals surface area (Å²) in [4.78, 5) is 14.4. The molecule has 1 amide bonds. The van der Waals surface area contributed by atoms with E-state index in [1.165, 1.54) is 19.0 Å². The molecule has 0 aliphatic carbocycles. The van der Waals surface area contributed by atoms with E-state index in [2.05, 4.69) is 15.5 Å². The predicted octanol–water partition coefficient (Wildman–Crippen LogP) is 4.66. The Balaban J connectivity index is 1.65. The fraction of sp³-hybridized carbons (Fsp3) is 0.174. The first-order chi connectivity index (χ1) is 15.4. The van der Waals surface area contributed by atoms with Crippen LogP contribution in [0.2, 0.25) is 5.02 Å². The van der Waals surface area contributed by atoms with E-state index in [1.54, 1.807) is 43.5 Å². The highest BCUT2D eigenvalue weighted by Gasteiger charge is 2.14. The summed E-state index contributed by atoms with van der Waals surface area (Å²) in [5.41, 5.74) is 3.90. The first kappa shape index (κ1) is 21.5. The summed E-state index contributed by atoms with van der Waals surface area (Å²) in [6, 6.07) is 14.0. The van der Waals surface area contributed by atoms with Crippen molar-refractivity contribution in [3.05, 3.63) is 64.7 Å². The van der Waals surface area contributed by atoms with Crippen LogP contribution in [0.1, 0.15) is 15.9 Å². The molecule has 0 aliphatic rings. The molecule has 0 bridgehead atoms. The maximum absolute atomic E-state index is 12.9. The molecular weight excluding hydrogens is 432 g/mol. The quantitative estimate of drug-likeness (QED) is 0.457. The van der Waals surface area contributed by atoms with Crippen LogP contribution in [0.3, 0.4) is 0 Å². The van der Waals surface area contributed by atoms with E-state index in [4.69, 9.17) is 25.8 Å². The zero-order chi connectivity index (χ0) is 22.8. The lowest BCUT2D eigenvalue weighted by Crippen LogP contribution is -2.13. The van der Waals surface area contributed by atoms with Crippen molar-refractivity contribution in [1.82, 2.24) is 15.0 Å². The van der Waals surface area contributed by atoms with Gasteiger partial charge in [0.1, 0.15) is 28.3 Å². The SMILES string of the molecule is COc1cc(OC)cc(C(=O)Nc2cc3nn(-c4ccc(OC)c(Cl)c4)nc3cc2C)c1. The molecule has 164 valence electrons. The van der Waals surface area contributed by atoms with Gasteiger partial charge in [-0.2, -0.15) is 4.80 Å². The lowest BCUT2D eigenvalue weighted by atomic mass is 10.1. The van der Waals surface area contributed by atoms with Gasteiger partial charge in [-0.05, 0) is 55.0 Å². The van der Waals surface area contributed by atoms with Gasteiger partial charge in [-0.1, -0.05) is 11.6 Å². The molecular formula is C23H21ClN4O4. The Bertz CT molecular complexity index is 1300. The maximum Gasteiger partial charge on any atom is 0.255 e. The molecule has 0 unspecified atom stereocenters. The molecule has 0 spiro atoms. The molecule has 8 nitrogen and oxygen atoms in total. The van der Waals surface area contributed by atoms with E-state index in [0.29, 0.717) is 50.2 Å². The number of carbonyl (C=O) groups excluding carboxylic acids is 1. The number of nitrogens with zero attached hydrogens (tertiary/aromatic N) is 3. The van der Waals surface area contributed by atoms with Crippen molar-refractivity contribution in [1.29, 1.82) is 0 Å². The Morgan fingerprint density at radius 1 is 0.906 bits per heavy atom. The largest absolute Gasteiger partial charge is 0.497 e. The highest BCUT2D eigenvalue weighted by molar-refractivity contribution is 6.32. The normalized spacial score (nSPS) is 10.8. The number of anilines is 1. The minimum absolute atomic E-state index is 0.293. The number of halogens is 1. The summed E-state index contributed by atoms with van der Waals surface area (Å²) in [6.45, 7) is 1.89. The molecule has 1 N–H and O–H groups in total. The zero-order valence-electron chi connectivity index (χ0n) is 18.0. The third-order valence-electron chi connectivity index (χ3n) is 4.95. The van der Waals surface area contributed by atoms with Gasteiger partial charge < -0.3 is 19.5 Å². The van der Waals surface area contributed by atoms with Gasteiger partial charge in [-0.25, -0.2) is 0 Å². The molecule has 0 fully saturated rings. The monoisotopic (exact) mass is 452 g/mol. The van der Waals surface area contributed by atoms with Crippen molar-refractivity contribution >= 4 is 34.2 Å². The average molecular weight is 453 g/mol. The van der Waals surface area contributed by atoms with Crippen LogP contribution in [0.15, 0.2) is 48.5 Å². The number of methoxy groups -OCH3 is 3. The second-order valence-electron chi connectivity index (χ2n) is 7.02. The number of ether oxygens (including phenoxy) is 3. The molecule has 0 radical (unpaired) electrons. The van der Waals surface area contributed by atoms with Gasteiger partial charge in [0.15, 0.2) is 0 Å². The topological polar surface area (TPSA) is 87.5 Å². The zero-order valence-corrected chi connectivity index (χ0v) is 18.7. The summed E-state index contributed by atoms with van der Waals surface area (Å²) >= 11 is 6.23. The molecule has 9 heteroatoms. The van der Waals surface area contributed by atoms with E-state index in [-0.39, 0.29) is 5.91 Å². The molecule has 1 heterocycles. The minimum Gasteiger partial charge on any atom is -0.497 e. The van der Waals surface area contributed by atoms with Crippen molar-refractivity contribution in [3.63, 3.8) is 0 Å². The van der Waals surface area contributed by atoms with E-state index >= 15 is 0 Å². The highest BCUT2D eigenvalue weighted by atomic mass is 35.5. The Hall–Kier alpha value is -3.78. The van der Waals surface area contributed by atoms with Crippen LogP contribution in [-0.2, 0) is 0 Å². The summed E-state index contributed by atoms with van der Waals surface area (Å²) in [5, 5.41) is 12.4. The van der Waals surface area contributed by atoms with Gasteiger partial charge in [0.05, 0.1) is 32.0 Å². The minimum atomic E-state index is -0.293. The molecule has 0 aliphatic heterocycles. The van der Waals surface area contributed by atoms with Crippen molar-refractivity contribution in [2.45, 2.75) is 6.92 Å². The number of amides is 1. The number of aryl methyl sites for hydroxylation is 1. The van der Waals surface area contributed by atoms with Crippen molar-refractivity contribution < 1.29 is 19.0 Å². The van der Waals surface area contributed by atoms with Crippen molar-refractivity contribution in [2.24, 2.45) is 0 Å². The fourth-order valence-corrected chi connectivity index (χ4v) is 3.48. The second kappa shape index (κ2) is 8.76. The number of carbonyl (C=O) groups is 1. The van der Waals surface area contributed by atoms with Crippen LogP contribution < -0.4 is 19.5 Å². The molecule has 32 heavy (non-hydrogen) atoms. The number of nitrogens with one attached hydrogen (secondary N) is 1. The number of hydrogen-bond acceptors (Lipinski definition) is 6. The van der Waals surface area contributed by atoms with Crippen molar-refractivity contribution in [2.75, 3.05) is 26.6 Å². The van der Waals surface area contributed by atoms with Crippen LogP contribution in [0.25, 0.3) is 16.7 Å². The van der Waals surface area contributed by atoms with Gasteiger partial charge >= 0.3 is 0 Å². The Labute approximate surface area is 189 Å². The standard InChI is InChI=1S/C23H21ClN4O4/c1-13-7-20-21(27-28(26-20)15-5-6-22(32-4)18(24)10-15)12-19(13)25-23(29)14-8-16(30-2)11-17(9-14)31-3/h5-12H,1-4H3,(H,25,29). The van der Waals surface area contributed by atoms with Gasteiger partial charge in [0.25, 0.3) is 5.91 Å². The summed E-state index contributed by atoms with van der Waals surface area (Å²) < 4.78 is 15.7. The van der Waals surface area contributed by atoms with E-state index < -0.39 is 0 Å². The molecule has 4 rings (SSSR count). The molecule has 3 aromatic carbocycles. The molecule has 0 saturated carbocycles. The summed E-state index contributed by atoms with van der Waals surface area (Å²) in [5.74, 6) is 1.34. The van der Waals surface area contributed by atoms with E-state index in [0.717, 1.165) is 5.56 Å². The maximum atomic E-state index is 12.9. The lowest BCUT2D eigenvalue weighted by Gasteiger charge is -2.11. The van der Waals surface area contributed by atoms with Gasteiger partial charge in [-0.15, -0.1) is 10.2 Å². The number of aromatic nitrogens is 3. The smallest absolute Gasteiger partial charge is 0.255 e. The molecule has 4 aromatic rings.